The molecule has 0 bridgehead atoms. The first kappa shape index (κ1) is 20.6. The van der Waals surface area contributed by atoms with E-state index in [9.17, 15) is 35.5 Å². The molecule has 0 saturated carbocycles. The molecule has 1 aliphatic heterocycles. The van der Waals surface area contributed by atoms with Gasteiger partial charge in [0.2, 0.25) is 6.10 Å². The maximum absolute atomic E-state index is 14.3. The number of methoxy groups -OCH3 is 1. The van der Waals surface area contributed by atoms with Crippen LogP contribution in [0.5, 0.6) is 0 Å². The second-order valence-electron chi connectivity index (χ2n) is 4.90. The van der Waals surface area contributed by atoms with Gasteiger partial charge < -0.3 is 18.9 Å². The number of rotatable bonds is 5. The average molecular weight is 370 g/mol. The number of hydrogen-bond donors (Lipinski definition) is 0. The van der Waals surface area contributed by atoms with Crippen LogP contribution in [0.2, 0.25) is 0 Å². The van der Waals surface area contributed by atoms with Gasteiger partial charge in [0.05, 0.1) is 0 Å². The summed E-state index contributed by atoms with van der Waals surface area (Å²) in [5.74, 6) is -16.6. The second kappa shape index (κ2) is 6.48. The molecule has 0 N–H and O–H groups in total. The molecule has 1 heterocycles. The Kier molecular flexibility index (Phi) is 5.58. The van der Waals surface area contributed by atoms with E-state index in [0.29, 0.717) is 0 Å². The minimum Gasteiger partial charge on any atom is -0.446 e. The summed E-state index contributed by atoms with van der Waals surface area (Å²) < 4.78 is 111. The Morgan fingerprint density at radius 3 is 2.25 bits per heavy atom. The molecule has 1 aliphatic rings. The van der Waals surface area contributed by atoms with E-state index in [1.165, 1.54) is 0 Å². The van der Waals surface area contributed by atoms with Crippen LogP contribution in [0.15, 0.2) is 12.2 Å². The van der Waals surface area contributed by atoms with Gasteiger partial charge in [0.15, 0.2) is 0 Å². The van der Waals surface area contributed by atoms with Gasteiger partial charge in [-0.05, 0) is 6.92 Å². The lowest BCUT2D eigenvalue weighted by molar-refractivity contribution is -0.496. The van der Waals surface area contributed by atoms with Gasteiger partial charge in [0.1, 0.15) is 13.4 Å². The smallest absolute Gasteiger partial charge is 0.446 e. The fourth-order valence-corrected chi connectivity index (χ4v) is 1.81. The molecular formula is C12H13F7O5. The molecule has 0 radical (unpaired) electrons. The number of halogens is 7. The third kappa shape index (κ3) is 3.35. The van der Waals surface area contributed by atoms with Crippen molar-refractivity contribution >= 4 is 5.97 Å². The quantitative estimate of drug-likeness (QED) is 0.322. The molecule has 2 unspecified atom stereocenters. The molecule has 0 aromatic rings. The normalized spacial score (nSPS) is 29.1. The third-order valence-electron chi connectivity index (χ3n) is 2.95. The Morgan fingerprint density at radius 2 is 1.83 bits per heavy atom. The summed E-state index contributed by atoms with van der Waals surface area (Å²) in [7, 11) is 0.818. The summed E-state index contributed by atoms with van der Waals surface area (Å²) in [6.07, 6.45) is -9.74. The fraction of sp³-hybridized carbons (Fsp3) is 0.750. The minimum absolute atomic E-state index is 0.566. The van der Waals surface area contributed by atoms with Crippen LogP contribution in [-0.4, -0.2) is 56.4 Å². The Bertz CT molecular complexity index is 505. The molecule has 0 amide bonds. The van der Waals surface area contributed by atoms with Crippen molar-refractivity contribution in [1.82, 2.24) is 0 Å². The van der Waals surface area contributed by atoms with Gasteiger partial charge in [-0.1, -0.05) is 6.58 Å². The van der Waals surface area contributed by atoms with Crippen LogP contribution in [0.1, 0.15) is 6.92 Å². The van der Waals surface area contributed by atoms with Crippen molar-refractivity contribution in [2.24, 2.45) is 0 Å². The van der Waals surface area contributed by atoms with Crippen LogP contribution >= 0.6 is 0 Å². The van der Waals surface area contributed by atoms with Crippen LogP contribution in [0.4, 0.5) is 30.7 Å². The van der Waals surface area contributed by atoms with E-state index in [1.807, 2.05) is 0 Å². The number of alkyl halides is 7. The van der Waals surface area contributed by atoms with Crippen molar-refractivity contribution in [2.75, 3.05) is 20.5 Å². The number of ether oxygens (including phenoxy) is 4. The highest BCUT2D eigenvalue weighted by Gasteiger charge is 2.83. The molecule has 5 nitrogen and oxygen atoms in total. The Hall–Kier alpha value is -1.40. The van der Waals surface area contributed by atoms with E-state index in [2.05, 4.69) is 25.5 Å². The van der Waals surface area contributed by atoms with Crippen LogP contribution < -0.4 is 0 Å². The number of hydrogen-bond acceptors (Lipinski definition) is 5. The van der Waals surface area contributed by atoms with Crippen LogP contribution in [0.25, 0.3) is 0 Å². The van der Waals surface area contributed by atoms with Crippen molar-refractivity contribution in [1.29, 1.82) is 0 Å². The molecule has 1 rings (SSSR count). The van der Waals surface area contributed by atoms with E-state index in [1.54, 1.807) is 0 Å². The van der Waals surface area contributed by atoms with Crippen molar-refractivity contribution < 1.29 is 54.5 Å². The predicted octanol–water partition coefficient (Wildman–Crippen LogP) is 2.65. The fourth-order valence-electron chi connectivity index (χ4n) is 1.81. The highest BCUT2D eigenvalue weighted by Crippen LogP contribution is 2.54. The topological polar surface area (TPSA) is 54.0 Å². The van der Waals surface area contributed by atoms with Crippen molar-refractivity contribution in [3.63, 3.8) is 0 Å². The van der Waals surface area contributed by atoms with Gasteiger partial charge in [0, 0.05) is 12.7 Å². The molecule has 0 spiro atoms. The SMILES string of the molecule is C=C(C)C(=O)OC1C(F)(F)COC(OCOC)(C(F)(F)F)C1(F)F. The Balaban J connectivity index is 3.39. The lowest BCUT2D eigenvalue weighted by Crippen LogP contribution is -2.75. The van der Waals surface area contributed by atoms with E-state index in [0.717, 1.165) is 14.0 Å². The zero-order valence-corrected chi connectivity index (χ0v) is 12.4. The van der Waals surface area contributed by atoms with E-state index in [4.69, 9.17) is 0 Å². The molecule has 12 heteroatoms. The summed E-state index contributed by atoms with van der Waals surface area (Å²) in [5.41, 5.74) is -0.566. The maximum Gasteiger partial charge on any atom is 0.450 e. The monoisotopic (exact) mass is 370 g/mol. The van der Waals surface area contributed by atoms with Crippen LogP contribution in [0, 0.1) is 0 Å². The predicted molar refractivity (Wildman–Crippen MR) is 62.3 cm³/mol. The first-order valence-corrected chi connectivity index (χ1v) is 6.18. The first-order valence-electron chi connectivity index (χ1n) is 6.18. The summed E-state index contributed by atoms with van der Waals surface area (Å²) in [5, 5.41) is 0. The third-order valence-corrected chi connectivity index (χ3v) is 2.95. The number of carbonyl (C=O) groups excluding carboxylic acids is 1. The van der Waals surface area contributed by atoms with Gasteiger partial charge in [-0.15, -0.1) is 0 Å². The van der Waals surface area contributed by atoms with Crippen molar-refractivity contribution in [2.45, 2.75) is 36.8 Å². The molecule has 24 heavy (non-hydrogen) atoms. The van der Waals surface area contributed by atoms with Crippen LogP contribution in [-0.2, 0) is 23.7 Å². The number of esters is 1. The van der Waals surface area contributed by atoms with E-state index in [-0.39, 0.29) is 0 Å². The first-order chi connectivity index (χ1) is 10.7. The number of carbonyl (C=O) groups is 1. The zero-order chi connectivity index (χ0) is 19.0. The molecule has 1 saturated heterocycles. The van der Waals surface area contributed by atoms with Crippen LogP contribution in [0.3, 0.4) is 0 Å². The standard InChI is InChI=1S/C12H13F7O5/c1-6(2)7(20)24-8-9(13,14)4-22-11(10(8,15)16,12(17,18)19)23-5-21-3/h8H,1,4-5H2,2-3H3. The minimum atomic E-state index is -5.95. The van der Waals surface area contributed by atoms with Crippen molar-refractivity contribution in [3.05, 3.63) is 12.2 Å². The highest BCUT2D eigenvalue weighted by atomic mass is 19.4. The van der Waals surface area contributed by atoms with Gasteiger partial charge in [-0.3, -0.25) is 0 Å². The largest absolute Gasteiger partial charge is 0.450 e. The maximum atomic E-state index is 14.3. The van der Waals surface area contributed by atoms with Gasteiger partial charge >= 0.3 is 29.8 Å². The van der Waals surface area contributed by atoms with Gasteiger partial charge in [-0.2, -0.15) is 30.7 Å². The van der Waals surface area contributed by atoms with Gasteiger partial charge in [0.25, 0.3) is 0 Å². The lowest BCUT2D eigenvalue weighted by Gasteiger charge is -2.48. The second-order valence-corrected chi connectivity index (χ2v) is 4.90. The molecule has 2 atom stereocenters. The summed E-state index contributed by atoms with van der Waals surface area (Å²) in [6, 6.07) is 0. The summed E-state index contributed by atoms with van der Waals surface area (Å²) in [6.45, 7) is 0.452. The lowest BCUT2D eigenvalue weighted by atomic mass is 9.93. The average Bonchev–Trinajstić information content (AvgIpc) is 2.41. The van der Waals surface area contributed by atoms with Crippen molar-refractivity contribution in [3.8, 4) is 0 Å². The molecule has 0 aromatic heterocycles. The molecule has 140 valence electrons. The van der Waals surface area contributed by atoms with E-state index >= 15 is 0 Å². The molecule has 1 fully saturated rings. The molecule has 0 aliphatic carbocycles. The highest BCUT2D eigenvalue weighted by molar-refractivity contribution is 5.87. The molecule has 0 aromatic carbocycles. The Morgan fingerprint density at radius 1 is 1.29 bits per heavy atom. The zero-order valence-electron chi connectivity index (χ0n) is 12.4. The summed E-state index contributed by atoms with van der Waals surface area (Å²) >= 11 is 0. The van der Waals surface area contributed by atoms with Gasteiger partial charge in [-0.25, -0.2) is 4.79 Å². The summed E-state index contributed by atoms with van der Waals surface area (Å²) in [4.78, 5) is 11.3. The van der Waals surface area contributed by atoms with E-state index < -0.39 is 54.9 Å². The molecular weight excluding hydrogens is 357 g/mol. The Labute approximate surface area is 131 Å².